The topological polar surface area (TPSA) is 72.6 Å². The largest absolute Gasteiger partial charge is 0.464 e. The highest BCUT2D eigenvalue weighted by Gasteiger charge is 2.38. The van der Waals surface area contributed by atoms with E-state index >= 15 is 0 Å². The van der Waals surface area contributed by atoms with Gasteiger partial charge in [0, 0.05) is 12.6 Å². The Labute approximate surface area is 120 Å². The van der Waals surface area contributed by atoms with Crippen molar-refractivity contribution in [1.29, 1.82) is 0 Å². The zero-order valence-electron chi connectivity index (χ0n) is 12.3. The first-order valence-electron chi connectivity index (χ1n) is 7.87. The lowest BCUT2D eigenvalue weighted by molar-refractivity contribution is -0.158. The zero-order valence-corrected chi connectivity index (χ0v) is 12.3. The van der Waals surface area contributed by atoms with Gasteiger partial charge in [0.2, 0.25) is 5.91 Å². The third kappa shape index (κ3) is 3.32. The van der Waals surface area contributed by atoms with E-state index in [1.165, 1.54) is 0 Å². The number of amides is 1. The van der Waals surface area contributed by atoms with Crippen LogP contribution < -0.4 is 5.73 Å². The first-order chi connectivity index (χ1) is 9.65. The molecule has 0 aromatic carbocycles. The van der Waals surface area contributed by atoms with Crippen molar-refractivity contribution in [2.24, 2.45) is 11.7 Å². The first-order valence-corrected chi connectivity index (χ1v) is 7.87. The van der Waals surface area contributed by atoms with Gasteiger partial charge in [0.25, 0.3) is 0 Å². The highest BCUT2D eigenvalue weighted by molar-refractivity contribution is 5.86. The fourth-order valence-electron chi connectivity index (χ4n) is 3.36. The van der Waals surface area contributed by atoms with Crippen molar-refractivity contribution in [1.82, 2.24) is 4.90 Å². The van der Waals surface area contributed by atoms with E-state index in [9.17, 15) is 9.59 Å². The molecule has 1 aliphatic carbocycles. The molecule has 3 unspecified atom stereocenters. The molecule has 2 N–H and O–H groups in total. The number of nitrogens with zero attached hydrogens (tertiary/aromatic N) is 1. The Morgan fingerprint density at radius 2 is 1.85 bits per heavy atom. The normalized spacial score (nSPS) is 30.9. The van der Waals surface area contributed by atoms with Gasteiger partial charge in [-0.25, -0.2) is 4.79 Å². The maximum atomic E-state index is 12.7. The summed E-state index contributed by atoms with van der Waals surface area (Å²) in [4.78, 5) is 26.5. The van der Waals surface area contributed by atoms with Gasteiger partial charge in [0.05, 0.1) is 12.5 Å². The second kappa shape index (κ2) is 7.07. The Hall–Kier alpha value is -1.10. The van der Waals surface area contributed by atoms with E-state index in [0.29, 0.717) is 19.6 Å². The molecule has 2 fully saturated rings. The lowest BCUT2D eigenvalue weighted by Crippen LogP contribution is -2.54. The van der Waals surface area contributed by atoms with Crippen LogP contribution in [0.2, 0.25) is 0 Å². The molecule has 5 heteroatoms. The van der Waals surface area contributed by atoms with Crippen LogP contribution >= 0.6 is 0 Å². The number of esters is 1. The van der Waals surface area contributed by atoms with Gasteiger partial charge in [-0.15, -0.1) is 0 Å². The van der Waals surface area contributed by atoms with E-state index in [0.717, 1.165) is 38.5 Å². The molecule has 20 heavy (non-hydrogen) atoms. The average Bonchev–Trinajstić information content (AvgIpc) is 2.47. The molecule has 2 rings (SSSR count). The predicted molar refractivity (Wildman–Crippen MR) is 75.9 cm³/mol. The Kier molecular flexibility index (Phi) is 5.40. The summed E-state index contributed by atoms with van der Waals surface area (Å²) in [7, 11) is 0. The summed E-state index contributed by atoms with van der Waals surface area (Å²) in [5, 5.41) is 0. The molecule has 0 aromatic rings. The number of piperidine rings is 1. The molecule has 1 aliphatic heterocycles. The smallest absolute Gasteiger partial charge is 0.328 e. The van der Waals surface area contributed by atoms with Crippen LogP contribution in [0, 0.1) is 5.92 Å². The Morgan fingerprint density at radius 3 is 2.55 bits per heavy atom. The maximum absolute atomic E-state index is 12.7. The molecule has 1 heterocycles. The summed E-state index contributed by atoms with van der Waals surface area (Å²) in [6.45, 7) is 2.82. The minimum absolute atomic E-state index is 0.0546. The molecule has 114 valence electrons. The second-order valence-electron chi connectivity index (χ2n) is 5.85. The van der Waals surface area contributed by atoms with Gasteiger partial charge in [-0.1, -0.05) is 12.8 Å². The molecule has 5 nitrogen and oxygen atoms in total. The number of nitrogens with two attached hydrogens (primary N) is 1. The van der Waals surface area contributed by atoms with Crippen molar-refractivity contribution in [2.75, 3.05) is 13.2 Å². The van der Waals surface area contributed by atoms with Crippen molar-refractivity contribution in [3.63, 3.8) is 0 Å². The molecule has 1 amide bonds. The van der Waals surface area contributed by atoms with E-state index in [1.54, 1.807) is 11.8 Å². The summed E-state index contributed by atoms with van der Waals surface area (Å²) < 4.78 is 5.11. The van der Waals surface area contributed by atoms with Crippen molar-refractivity contribution < 1.29 is 14.3 Å². The maximum Gasteiger partial charge on any atom is 0.328 e. The SMILES string of the molecule is CCOC(=O)C1CCCCN1C(=O)C1CCCCC1N. The summed E-state index contributed by atoms with van der Waals surface area (Å²) in [6, 6.07) is -0.452. The number of likely N-dealkylation sites (tertiary alicyclic amines) is 1. The lowest BCUT2D eigenvalue weighted by atomic mass is 9.83. The third-order valence-corrected chi connectivity index (χ3v) is 4.48. The van der Waals surface area contributed by atoms with Crippen LogP contribution in [-0.4, -0.2) is 42.0 Å². The molecule has 3 atom stereocenters. The third-order valence-electron chi connectivity index (χ3n) is 4.48. The highest BCUT2D eigenvalue weighted by atomic mass is 16.5. The van der Waals surface area contributed by atoms with Crippen LogP contribution in [0.1, 0.15) is 51.9 Å². The van der Waals surface area contributed by atoms with Gasteiger partial charge in [-0.3, -0.25) is 4.79 Å². The minimum atomic E-state index is -0.398. The standard InChI is InChI=1S/C15H26N2O3/c1-2-20-15(19)13-9-5-6-10-17(13)14(18)11-7-3-4-8-12(11)16/h11-13H,2-10,16H2,1H3. The quantitative estimate of drug-likeness (QED) is 0.795. The molecule has 2 aliphatic rings. The van der Waals surface area contributed by atoms with Crippen molar-refractivity contribution in [3.05, 3.63) is 0 Å². The highest BCUT2D eigenvalue weighted by Crippen LogP contribution is 2.28. The van der Waals surface area contributed by atoms with Gasteiger partial charge < -0.3 is 15.4 Å². The van der Waals surface area contributed by atoms with Crippen molar-refractivity contribution in [2.45, 2.75) is 64.0 Å². The number of ether oxygens (including phenoxy) is 1. The lowest BCUT2D eigenvalue weighted by Gasteiger charge is -2.38. The summed E-state index contributed by atoms with van der Waals surface area (Å²) in [5.74, 6) is -0.307. The van der Waals surface area contributed by atoms with Crippen LogP contribution in [0.4, 0.5) is 0 Å². The van der Waals surface area contributed by atoms with E-state index in [4.69, 9.17) is 10.5 Å². The molecule has 1 saturated carbocycles. The molecule has 0 bridgehead atoms. The van der Waals surface area contributed by atoms with Gasteiger partial charge in [-0.2, -0.15) is 0 Å². The van der Waals surface area contributed by atoms with Crippen molar-refractivity contribution in [3.8, 4) is 0 Å². The summed E-state index contributed by atoms with van der Waals surface area (Å²) >= 11 is 0. The van der Waals surface area contributed by atoms with Crippen LogP contribution in [0.5, 0.6) is 0 Å². The molecule has 0 aromatic heterocycles. The number of hydrogen-bond donors (Lipinski definition) is 1. The van der Waals surface area contributed by atoms with Crippen LogP contribution in [0.15, 0.2) is 0 Å². The molecular formula is C15H26N2O3. The first kappa shape index (κ1) is 15.3. The van der Waals surface area contributed by atoms with E-state index in [2.05, 4.69) is 0 Å². The van der Waals surface area contributed by atoms with E-state index in [1.807, 2.05) is 0 Å². The molecule has 0 radical (unpaired) electrons. The number of rotatable bonds is 3. The monoisotopic (exact) mass is 282 g/mol. The van der Waals surface area contributed by atoms with Gasteiger partial charge in [0.1, 0.15) is 6.04 Å². The summed E-state index contributed by atoms with van der Waals surface area (Å²) in [6.07, 6.45) is 6.58. The van der Waals surface area contributed by atoms with E-state index < -0.39 is 6.04 Å². The van der Waals surface area contributed by atoms with Crippen LogP contribution in [0.25, 0.3) is 0 Å². The second-order valence-corrected chi connectivity index (χ2v) is 5.85. The van der Waals surface area contributed by atoms with Gasteiger partial charge in [0.15, 0.2) is 0 Å². The van der Waals surface area contributed by atoms with Crippen LogP contribution in [0.3, 0.4) is 0 Å². The number of hydrogen-bond acceptors (Lipinski definition) is 4. The summed E-state index contributed by atoms with van der Waals surface area (Å²) in [5.41, 5.74) is 6.10. The fraction of sp³-hybridized carbons (Fsp3) is 0.867. The fourth-order valence-corrected chi connectivity index (χ4v) is 3.36. The average molecular weight is 282 g/mol. The van der Waals surface area contributed by atoms with E-state index in [-0.39, 0.29) is 23.8 Å². The zero-order chi connectivity index (χ0) is 14.5. The molecule has 0 spiro atoms. The Morgan fingerprint density at radius 1 is 1.15 bits per heavy atom. The van der Waals surface area contributed by atoms with Crippen molar-refractivity contribution >= 4 is 11.9 Å². The number of carbonyl (C=O) groups excluding carboxylic acids is 2. The van der Waals surface area contributed by atoms with Gasteiger partial charge in [-0.05, 0) is 39.0 Å². The molecule has 1 saturated heterocycles. The molecular weight excluding hydrogens is 256 g/mol. The predicted octanol–water partition coefficient (Wildman–Crippen LogP) is 1.45. The Bertz CT molecular complexity index is 359. The van der Waals surface area contributed by atoms with Gasteiger partial charge >= 0.3 is 5.97 Å². The number of carbonyl (C=O) groups is 2. The van der Waals surface area contributed by atoms with Crippen LogP contribution in [-0.2, 0) is 14.3 Å². The minimum Gasteiger partial charge on any atom is -0.464 e. The Balaban J connectivity index is 2.06.